The van der Waals surface area contributed by atoms with Gasteiger partial charge in [-0.3, -0.25) is 4.98 Å². The molecule has 0 aliphatic carbocycles. The van der Waals surface area contributed by atoms with Gasteiger partial charge in [-0.2, -0.15) is 0 Å². The Morgan fingerprint density at radius 3 is 2.80 bits per heavy atom. The third-order valence-corrected chi connectivity index (χ3v) is 2.78. The SMILES string of the molecule is Cc1nccnc1NCC1CCOCC1. The second kappa shape index (κ2) is 5.07. The molecule has 15 heavy (non-hydrogen) atoms. The molecule has 0 amide bonds. The number of aryl methyl sites for hydroxylation is 1. The zero-order chi connectivity index (χ0) is 10.5. The summed E-state index contributed by atoms with van der Waals surface area (Å²) in [6.45, 7) is 4.74. The van der Waals surface area contributed by atoms with E-state index < -0.39 is 0 Å². The first kappa shape index (κ1) is 10.4. The number of rotatable bonds is 3. The highest BCUT2D eigenvalue weighted by Gasteiger charge is 2.13. The molecule has 0 atom stereocenters. The Bertz CT molecular complexity index is 310. The Kier molecular flexibility index (Phi) is 3.50. The van der Waals surface area contributed by atoms with Crippen LogP contribution in [0.3, 0.4) is 0 Å². The highest BCUT2D eigenvalue weighted by Crippen LogP contribution is 2.15. The number of hydrogen-bond donors (Lipinski definition) is 1. The van der Waals surface area contributed by atoms with Crippen LogP contribution in [0.25, 0.3) is 0 Å². The fourth-order valence-corrected chi connectivity index (χ4v) is 1.77. The minimum absolute atomic E-state index is 0.708. The van der Waals surface area contributed by atoms with Crippen molar-refractivity contribution in [3.63, 3.8) is 0 Å². The summed E-state index contributed by atoms with van der Waals surface area (Å²) in [7, 11) is 0. The van der Waals surface area contributed by atoms with Gasteiger partial charge in [0.1, 0.15) is 5.82 Å². The highest BCUT2D eigenvalue weighted by molar-refractivity contribution is 5.38. The molecule has 4 heteroatoms. The number of anilines is 1. The van der Waals surface area contributed by atoms with Gasteiger partial charge in [0, 0.05) is 32.2 Å². The lowest BCUT2D eigenvalue weighted by atomic mass is 10.0. The maximum atomic E-state index is 5.32. The average Bonchev–Trinajstić information content (AvgIpc) is 2.29. The van der Waals surface area contributed by atoms with E-state index in [4.69, 9.17) is 4.74 Å². The van der Waals surface area contributed by atoms with Crippen LogP contribution in [0, 0.1) is 12.8 Å². The second-order valence-corrected chi connectivity index (χ2v) is 3.93. The molecule has 0 saturated carbocycles. The lowest BCUT2D eigenvalue weighted by molar-refractivity contribution is 0.0699. The van der Waals surface area contributed by atoms with E-state index in [-0.39, 0.29) is 0 Å². The van der Waals surface area contributed by atoms with Gasteiger partial charge in [-0.1, -0.05) is 0 Å². The fraction of sp³-hybridized carbons (Fsp3) is 0.636. The number of nitrogens with zero attached hydrogens (tertiary/aromatic N) is 2. The lowest BCUT2D eigenvalue weighted by Gasteiger charge is -2.22. The minimum Gasteiger partial charge on any atom is -0.381 e. The van der Waals surface area contributed by atoms with Gasteiger partial charge in [0.2, 0.25) is 0 Å². The largest absolute Gasteiger partial charge is 0.381 e. The summed E-state index contributed by atoms with van der Waals surface area (Å²) in [6, 6.07) is 0. The first-order valence-corrected chi connectivity index (χ1v) is 5.45. The molecule has 0 spiro atoms. The molecular weight excluding hydrogens is 190 g/mol. The maximum absolute atomic E-state index is 5.32. The van der Waals surface area contributed by atoms with Gasteiger partial charge >= 0.3 is 0 Å². The van der Waals surface area contributed by atoms with Crippen molar-refractivity contribution < 1.29 is 4.74 Å². The number of aromatic nitrogens is 2. The molecule has 1 aromatic rings. The summed E-state index contributed by atoms with van der Waals surface area (Å²) in [5, 5.41) is 3.35. The average molecular weight is 207 g/mol. The predicted molar refractivity (Wildman–Crippen MR) is 58.8 cm³/mol. The Hall–Kier alpha value is -1.16. The zero-order valence-corrected chi connectivity index (χ0v) is 9.07. The van der Waals surface area contributed by atoms with Gasteiger partial charge in [0.25, 0.3) is 0 Å². The summed E-state index contributed by atoms with van der Waals surface area (Å²) in [5.74, 6) is 1.61. The van der Waals surface area contributed by atoms with Crippen molar-refractivity contribution in [1.82, 2.24) is 9.97 Å². The molecule has 1 fully saturated rings. The van der Waals surface area contributed by atoms with E-state index in [0.29, 0.717) is 5.92 Å². The van der Waals surface area contributed by atoms with Gasteiger partial charge in [0.05, 0.1) is 5.69 Å². The van der Waals surface area contributed by atoms with Crippen LogP contribution < -0.4 is 5.32 Å². The van der Waals surface area contributed by atoms with E-state index in [2.05, 4.69) is 15.3 Å². The molecule has 2 rings (SSSR count). The molecule has 0 aromatic carbocycles. The molecule has 4 nitrogen and oxygen atoms in total. The van der Waals surface area contributed by atoms with Gasteiger partial charge in [-0.15, -0.1) is 0 Å². The van der Waals surface area contributed by atoms with E-state index in [1.54, 1.807) is 12.4 Å². The van der Waals surface area contributed by atoms with E-state index >= 15 is 0 Å². The summed E-state index contributed by atoms with van der Waals surface area (Å²) in [4.78, 5) is 8.45. The quantitative estimate of drug-likeness (QED) is 0.818. The van der Waals surface area contributed by atoms with Crippen molar-refractivity contribution in [2.24, 2.45) is 5.92 Å². The molecule has 1 aromatic heterocycles. The smallest absolute Gasteiger partial charge is 0.147 e. The second-order valence-electron chi connectivity index (χ2n) is 3.93. The van der Waals surface area contributed by atoms with E-state index in [1.165, 1.54) is 0 Å². The number of hydrogen-bond acceptors (Lipinski definition) is 4. The van der Waals surface area contributed by atoms with Crippen molar-refractivity contribution in [2.75, 3.05) is 25.1 Å². The van der Waals surface area contributed by atoms with Crippen molar-refractivity contribution >= 4 is 5.82 Å². The summed E-state index contributed by atoms with van der Waals surface area (Å²) < 4.78 is 5.32. The minimum atomic E-state index is 0.708. The normalized spacial score (nSPS) is 17.7. The van der Waals surface area contributed by atoms with Crippen molar-refractivity contribution in [2.45, 2.75) is 19.8 Å². The van der Waals surface area contributed by atoms with Crippen LogP contribution >= 0.6 is 0 Å². The van der Waals surface area contributed by atoms with Gasteiger partial charge in [-0.25, -0.2) is 4.98 Å². The Morgan fingerprint density at radius 2 is 2.07 bits per heavy atom. The molecule has 0 bridgehead atoms. The first-order chi connectivity index (χ1) is 7.36. The third kappa shape index (κ3) is 2.89. The summed E-state index contributed by atoms with van der Waals surface area (Å²) >= 11 is 0. The number of ether oxygens (including phenoxy) is 1. The number of nitrogens with one attached hydrogen (secondary N) is 1. The van der Waals surface area contributed by atoms with Crippen LogP contribution in [0.1, 0.15) is 18.5 Å². The topological polar surface area (TPSA) is 47.0 Å². The zero-order valence-electron chi connectivity index (χ0n) is 9.07. The van der Waals surface area contributed by atoms with E-state index in [1.807, 2.05) is 6.92 Å². The van der Waals surface area contributed by atoms with Crippen LogP contribution in [-0.2, 0) is 4.74 Å². The Labute approximate surface area is 90.1 Å². The Morgan fingerprint density at radius 1 is 1.33 bits per heavy atom. The molecule has 1 aliphatic heterocycles. The summed E-state index contributed by atoms with van der Waals surface area (Å²) in [6.07, 6.45) is 5.73. The van der Waals surface area contributed by atoms with E-state index in [9.17, 15) is 0 Å². The fourth-order valence-electron chi connectivity index (χ4n) is 1.77. The molecule has 0 radical (unpaired) electrons. The standard InChI is InChI=1S/C11H17N3O/c1-9-11(13-5-4-12-9)14-8-10-2-6-15-7-3-10/h4-5,10H,2-3,6-8H2,1H3,(H,13,14). The molecule has 1 aliphatic rings. The lowest BCUT2D eigenvalue weighted by Crippen LogP contribution is -2.23. The first-order valence-electron chi connectivity index (χ1n) is 5.45. The van der Waals surface area contributed by atoms with Crippen LogP contribution in [0.15, 0.2) is 12.4 Å². The van der Waals surface area contributed by atoms with Crippen molar-refractivity contribution in [1.29, 1.82) is 0 Å². The predicted octanol–water partition coefficient (Wildman–Crippen LogP) is 1.62. The van der Waals surface area contributed by atoms with Crippen molar-refractivity contribution in [3.05, 3.63) is 18.1 Å². The van der Waals surface area contributed by atoms with E-state index in [0.717, 1.165) is 44.1 Å². The molecule has 1 saturated heterocycles. The van der Waals surface area contributed by atoms with Crippen LogP contribution in [0.2, 0.25) is 0 Å². The molecular formula is C11H17N3O. The Balaban J connectivity index is 1.84. The highest BCUT2D eigenvalue weighted by atomic mass is 16.5. The van der Waals surface area contributed by atoms with Crippen LogP contribution in [-0.4, -0.2) is 29.7 Å². The maximum Gasteiger partial charge on any atom is 0.147 e. The van der Waals surface area contributed by atoms with Gasteiger partial charge in [-0.05, 0) is 25.7 Å². The van der Waals surface area contributed by atoms with Crippen molar-refractivity contribution in [3.8, 4) is 0 Å². The van der Waals surface area contributed by atoms with Gasteiger partial charge < -0.3 is 10.1 Å². The molecule has 82 valence electrons. The third-order valence-electron chi connectivity index (χ3n) is 2.78. The monoisotopic (exact) mass is 207 g/mol. The van der Waals surface area contributed by atoms with Crippen LogP contribution in [0.4, 0.5) is 5.82 Å². The van der Waals surface area contributed by atoms with Gasteiger partial charge in [0.15, 0.2) is 0 Å². The molecule has 0 unspecified atom stereocenters. The molecule has 2 heterocycles. The molecule has 1 N–H and O–H groups in total. The van der Waals surface area contributed by atoms with Crippen LogP contribution in [0.5, 0.6) is 0 Å². The summed E-state index contributed by atoms with van der Waals surface area (Å²) in [5.41, 5.74) is 0.963.